The van der Waals surface area contributed by atoms with Crippen molar-refractivity contribution in [2.45, 2.75) is 65.3 Å². The number of amides is 1. The van der Waals surface area contributed by atoms with Gasteiger partial charge in [-0.2, -0.15) is 5.10 Å². The fraction of sp³-hybridized carbons (Fsp3) is 0.619. The molecule has 0 aliphatic carbocycles. The average Bonchev–Trinajstić information content (AvgIpc) is 3.24. The molecule has 3 heterocycles. The highest BCUT2D eigenvalue weighted by Gasteiger charge is 2.57. The van der Waals surface area contributed by atoms with E-state index in [9.17, 15) is 19.5 Å². The number of hydrogen-bond acceptors (Lipinski definition) is 8. The highest BCUT2D eigenvalue weighted by atomic mass is 16.7. The maximum Gasteiger partial charge on any atom is 0.358 e. The Bertz CT molecular complexity index is 931. The zero-order chi connectivity index (χ0) is 23.1. The molecule has 0 saturated carbocycles. The molecule has 1 aromatic heterocycles. The Morgan fingerprint density at radius 3 is 2.58 bits per heavy atom. The van der Waals surface area contributed by atoms with E-state index in [0.717, 1.165) is 5.69 Å². The van der Waals surface area contributed by atoms with E-state index in [1.807, 2.05) is 19.9 Å². The van der Waals surface area contributed by atoms with Crippen molar-refractivity contribution in [1.82, 2.24) is 14.7 Å². The summed E-state index contributed by atoms with van der Waals surface area (Å²) in [6.07, 6.45) is -0.458. The second-order valence-corrected chi connectivity index (χ2v) is 8.26. The first kappa shape index (κ1) is 23.0. The molecule has 10 heteroatoms. The van der Waals surface area contributed by atoms with Crippen molar-refractivity contribution in [3.8, 4) is 0 Å². The van der Waals surface area contributed by atoms with E-state index in [0.29, 0.717) is 24.2 Å². The molecular formula is C21H29N3O7. The summed E-state index contributed by atoms with van der Waals surface area (Å²) in [5, 5.41) is 14.5. The van der Waals surface area contributed by atoms with Crippen LogP contribution in [0, 0.1) is 12.8 Å². The molecular weight excluding hydrogens is 406 g/mol. The van der Waals surface area contributed by atoms with Crippen molar-refractivity contribution in [3.63, 3.8) is 0 Å². The zero-order valence-electron chi connectivity index (χ0n) is 18.7. The third-order valence-electron chi connectivity index (χ3n) is 5.89. The van der Waals surface area contributed by atoms with Crippen molar-refractivity contribution in [1.29, 1.82) is 0 Å². The summed E-state index contributed by atoms with van der Waals surface area (Å²) in [6, 6.07) is 1.51. The topological polar surface area (TPSA) is 120 Å². The minimum atomic E-state index is -1.18. The third-order valence-corrected chi connectivity index (χ3v) is 5.89. The fourth-order valence-corrected chi connectivity index (χ4v) is 3.93. The zero-order valence-corrected chi connectivity index (χ0v) is 18.7. The molecule has 2 aliphatic heterocycles. The van der Waals surface area contributed by atoms with Crippen LogP contribution in [0.1, 0.15) is 45.5 Å². The molecule has 1 aromatic rings. The standard InChI is InChI=1S/C21H29N3O7/c1-7-23-11(2)8-14(22-23)13-9-15-16(12(3)25)18(26)24(15)17(13)19(27)30-10-31-20(28)21(4,5)29-6/h8,12,15-16,25H,7,9-10H2,1-6H3/t12-,15-,16-/m1/s1. The number of β-lactam (4-membered cyclic amide) rings is 1. The van der Waals surface area contributed by atoms with Crippen LogP contribution in [-0.4, -0.2) is 69.3 Å². The van der Waals surface area contributed by atoms with Crippen LogP contribution in [0.2, 0.25) is 0 Å². The molecule has 1 saturated heterocycles. The minimum Gasteiger partial charge on any atom is -0.426 e. The van der Waals surface area contributed by atoms with Gasteiger partial charge in [-0.3, -0.25) is 9.48 Å². The number of fused-ring (bicyclic) bond motifs is 1. The second kappa shape index (κ2) is 8.43. The largest absolute Gasteiger partial charge is 0.426 e. The monoisotopic (exact) mass is 435 g/mol. The van der Waals surface area contributed by atoms with E-state index in [4.69, 9.17) is 14.2 Å². The number of carbonyl (C=O) groups is 3. The van der Waals surface area contributed by atoms with Crippen LogP contribution in [-0.2, 0) is 35.1 Å². The summed E-state index contributed by atoms with van der Waals surface area (Å²) in [4.78, 5) is 38.9. The Morgan fingerprint density at radius 2 is 2.03 bits per heavy atom. The number of aromatic nitrogens is 2. The molecule has 3 rings (SSSR count). The quantitative estimate of drug-likeness (QED) is 0.365. The number of aliphatic hydroxyl groups excluding tert-OH is 1. The van der Waals surface area contributed by atoms with Gasteiger partial charge in [-0.15, -0.1) is 0 Å². The van der Waals surface area contributed by atoms with E-state index >= 15 is 0 Å². The van der Waals surface area contributed by atoms with Crippen LogP contribution in [0.5, 0.6) is 0 Å². The first-order valence-electron chi connectivity index (χ1n) is 10.2. The lowest BCUT2D eigenvalue weighted by Gasteiger charge is -2.44. The van der Waals surface area contributed by atoms with E-state index in [-0.39, 0.29) is 17.6 Å². The van der Waals surface area contributed by atoms with E-state index in [2.05, 4.69) is 5.10 Å². The number of aryl methyl sites for hydroxylation is 2. The van der Waals surface area contributed by atoms with Crippen molar-refractivity contribution in [2.75, 3.05) is 13.9 Å². The Labute approximate surface area is 180 Å². The molecule has 10 nitrogen and oxygen atoms in total. The molecule has 170 valence electrons. The highest BCUT2D eigenvalue weighted by molar-refractivity contribution is 6.06. The van der Waals surface area contributed by atoms with Crippen LogP contribution < -0.4 is 0 Å². The van der Waals surface area contributed by atoms with Crippen LogP contribution in [0.4, 0.5) is 0 Å². The number of carbonyl (C=O) groups excluding carboxylic acids is 3. The van der Waals surface area contributed by atoms with Crippen LogP contribution in [0.3, 0.4) is 0 Å². The SMILES string of the molecule is CCn1nc(C2=C(C(=O)OCOC(=O)C(C)(C)OC)N3C(=O)[C@H]([C@@H](C)O)[C@H]3C2)cc1C. The van der Waals surface area contributed by atoms with Crippen molar-refractivity contribution in [2.24, 2.45) is 5.92 Å². The van der Waals surface area contributed by atoms with Gasteiger partial charge in [0, 0.05) is 24.9 Å². The number of methoxy groups -OCH3 is 1. The Morgan fingerprint density at radius 1 is 1.35 bits per heavy atom. The van der Waals surface area contributed by atoms with Crippen molar-refractivity contribution in [3.05, 3.63) is 23.2 Å². The predicted molar refractivity (Wildman–Crippen MR) is 108 cm³/mol. The summed E-state index contributed by atoms with van der Waals surface area (Å²) in [5.41, 5.74) is 0.967. The van der Waals surface area contributed by atoms with Gasteiger partial charge in [0.2, 0.25) is 12.7 Å². The van der Waals surface area contributed by atoms with E-state index in [1.165, 1.54) is 25.9 Å². The summed E-state index contributed by atoms with van der Waals surface area (Å²) in [6.45, 7) is 8.52. The average molecular weight is 435 g/mol. The minimum absolute atomic E-state index is 0.0784. The summed E-state index contributed by atoms with van der Waals surface area (Å²) in [5.74, 6) is -2.41. The lowest BCUT2D eigenvalue weighted by Crippen LogP contribution is -2.61. The van der Waals surface area contributed by atoms with Crippen LogP contribution in [0.25, 0.3) is 5.57 Å². The van der Waals surface area contributed by atoms with Crippen LogP contribution >= 0.6 is 0 Å². The normalized spacial score (nSPS) is 21.6. The number of hydrogen-bond donors (Lipinski definition) is 1. The second-order valence-electron chi connectivity index (χ2n) is 8.26. The van der Waals surface area contributed by atoms with Gasteiger partial charge in [0.05, 0.1) is 23.8 Å². The number of esters is 2. The number of nitrogens with zero attached hydrogens (tertiary/aromatic N) is 3. The van der Waals surface area contributed by atoms with Gasteiger partial charge in [-0.05, 0) is 47.1 Å². The number of rotatable bonds is 8. The molecule has 3 atom stereocenters. The van der Waals surface area contributed by atoms with Gasteiger partial charge in [0.25, 0.3) is 0 Å². The highest BCUT2D eigenvalue weighted by Crippen LogP contribution is 2.47. The van der Waals surface area contributed by atoms with Gasteiger partial charge in [0.15, 0.2) is 5.60 Å². The maximum atomic E-state index is 12.9. The Kier molecular flexibility index (Phi) is 6.24. The van der Waals surface area contributed by atoms with Crippen molar-refractivity contribution >= 4 is 23.4 Å². The summed E-state index contributed by atoms with van der Waals surface area (Å²) >= 11 is 0. The first-order chi connectivity index (χ1) is 14.5. The van der Waals surface area contributed by atoms with Crippen molar-refractivity contribution < 1.29 is 33.7 Å². The number of aliphatic hydroxyl groups is 1. The first-order valence-corrected chi connectivity index (χ1v) is 10.2. The van der Waals surface area contributed by atoms with E-state index in [1.54, 1.807) is 11.6 Å². The maximum absolute atomic E-state index is 12.9. The molecule has 0 radical (unpaired) electrons. The lowest BCUT2D eigenvalue weighted by molar-refractivity contribution is -0.182. The molecule has 0 aromatic carbocycles. The lowest BCUT2D eigenvalue weighted by atomic mass is 9.83. The summed E-state index contributed by atoms with van der Waals surface area (Å²) in [7, 11) is 1.37. The van der Waals surface area contributed by atoms with Gasteiger partial charge in [-0.1, -0.05) is 0 Å². The molecule has 31 heavy (non-hydrogen) atoms. The summed E-state index contributed by atoms with van der Waals surface area (Å²) < 4.78 is 17.0. The van der Waals surface area contributed by atoms with Gasteiger partial charge in [-0.25, -0.2) is 9.59 Å². The molecule has 1 amide bonds. The fourth-order valence-electron chi connectivity index (χ4n) is 3.93. The molecule has 1 N–H and O–H groups in total. The van der Waals surface area contributed by atoms with Gasteiger partial charge in [0.1, 0.15) is 5.70 Å². The Balaban J connectivity index is 1.84. The van der Waals surface area contributed by atoms with Gasteiger partial charge < -0.3 is 24.2 Å². The number of ether oxygens (including phenoxy) is 3. The molecule has 1 fully saturated rings. The molecule has 2 aliphatic rings. The molecule has 0 unspecified atom stereocenters. The predicted octanol–water partition coefficient (Wildman–Crippen LogP) is 1.00. The van der Waals surface area contributed by atoms with E-state index < -0.39 is 36.4 Å². The van der Waals surface area contributed by atoms with Gasteiger partial charge >= 0.3 is 11.9 Å². The Hall–Kier alpha value is -2.72. The van der Waals surface area contributed by atoms with Crippen LogP contribution in [0.15, 0.2) is 11.8 Å². The smallest absolute Gasteiger partial charge is 0.358 e. The molecule has 0 bridgehead atoms. The molecule has 0 spiro atoms. The third kappa shape index (κ3) is 3.97.